The first-order valence-electron chi connectivity index (χ1n) is 6.20. The minimum atomic E-state index is -0.704. The van der Waals surface area contributed by atoms with Crippen LogP contribution in [0.25, 0.3) is 0 Å². The van der Waals surface area contributed by atoms with Gasteiger partial charge in [-0.05, 0) is 17.7 Å². The van der Waals surface area contributed by atoms with Crippen LogP contribution >= 0.6 is 0 Å². The summed E-state index contributed by atoms with van der Waals surface area (Å²) in [5.41, 5.74) is 0.120. The third-order valence-electron chi connectivity index (χ3n) is 3.34. The van der Waals surface area contributed by atoms with Crippen LogP contribution in [0.3, 0.4) is 0 Å². The summed E-state index contributed by atoms with van der Waals surface area (Å²) in [5.74, 6) is 0.765. The highest BCUT2D eigenvalue weighted by Gasteiger charge is 2.31. The molecular formula is C13H20N2O3. The summed E-state index contributed by atoms with van der Waals surface area (Å²) in [6, 6.07) is 3.61. The Labute approximate surface area is 107 Å². The SMILES string of the molecule is CN(CC1(O)CCOCC1)c1cc(CO)ccn1. The molecular weight excluding hydrogens is 232 g/mol. The first-order valence-corrected chi connectivity index (χ1v) is 6.20. The van der Waals surface area contributed by atoms with Crippen LogP contribution in [0.2, 0.25) is 0 Å². The normalized spacial score (nSPS) is 18.6. The summed E-state index contributed by atoms with van der Waals surface area (Å²) in [6.45, 7) is 1.74. The molecule has 1 aromatic heterocycles. The van der Waals surface area contributed by atoms with Crippen LogP contribution in [0, 0.1) is 0 Å². The summed E-state index contributed by atoms with van der Waals surface area (Å²) in [5, 5.41) is 19.5. The van der Waals surface area contributed by atoms with Gasteiger partial charge in [0.1, 0.15) is 5.82 Å². The number of hydrogen-bond donors (Lipinski definition) is 2. The second-order valence-electron chi connectivity index (χ2n) is 4.87. The second-order valence-corrected chi connectivity index (χ2v) is 4.87. The molecule has 1 aliphatic heterocycles. The van der Waals surface area contributed by atoms with E-state index in [1.807, 2.05) is 18.0 Å². The van der Waals surface area contributed by atoms with Crippen LogP contribution in [0.15, 0.2) is 18.3 Å². The van der Waals surface area contributed by atoms with E-state index in [4.69, 9.17) is 9.84 Å². The van der Waals surface area contributed by atoms with Gasteiger partial charge >= 0.3 is 0 Å². The smallest absolute Gasteiger partial charge is 0.128 e. The van der Waals surface area contributed by atoms with Gasteiger partial charge in [0.05, 0.1) is 12.2 Å². The van der Waals surface area contributed by atoms with Gasteiger partial charge in [0.2, 0.25) is 0 Å². The van der Waals surface area contributed by atoms with Crippen molar-refractivity contribution in [1.82, 2.24) is 4.98 Å². The third kappa shape index (κ3) is 3.19. The Balaban J connectivity index is 2.03. The van der Waals surface area contributed by atoms with Crippen molar-refractivity contribution >= 4 is 5.82 Å². The molecule has 2 heterocycles. The number of aliphatic hydroxyl groups excluding tert-OH is 1. The van der Waals surface area contributed by atoms with Crippen molar-refractivity contribution in [1.29, 1.82) is 0 Å². The second kappa shape index (κ2) is 5.65. The predicted octanol–water partition coefficient (Wildman–Crippen LogP) is 0.552. The molecule has 2 N–H and O–H groups in total. The number of likely N-dealkylation sites (N-methyl/N-ethyl adjacent to an activating group) is 1. The van der Waals surface area contributed by atoms with E-state index >= 15 is 0 Å². The molecule has 0 bridgehead atoms. The highest BCUT2D eigenvalue weighted by Crippen LogP contribution is 2.23. The number of hydrogen-bond acceptors (Lipinski definition) is 5. The lowest BCUT2D eigenvalue weighted by Gasteiger charge is -2.35. The first-order chi connectivity index (χ1) is 8.63. The summed E-state index contributed by atoms with van der Waals surface area (Å²) in [4.78, 5) is 6.18. The maximum Gasteiger partial charge on any atom is 0.128 e. The lowest BCUT2D eigenvalue weighted by Crippen LogP contribution is -2.46. The van der Waals surface area contributed by atoms with Crippen LogP contribution in [-0.4, -0.2) is 47.6 Å². The fourth-order valence-corrected chi connectivity index (χ4v) is 2.20. The molecule has 0 aliphatic carbocycles. The molecule has 0 unspecified atom stereocenters. The number of aliphatic hydroxyl groups is 2. The van der Waals surface area contributed by atoms with Gasteiger partial charge in [0.25, 0.3) is 0 Å². The zero-order valence-electron chi connectivity index (χ0n) is 10.7. The topological polar surface area (TPSA) is 65.8 Å². The zero-order valence-corrected chi connectivity index (χ0v) is 10.7. The average Bonchev–Trinajstić information content (AvgIpc) is 2.39. The van der Waals surface area contributed by atoms with Gasteiger partial charge in [-0.1, -0.05) is 0 Å². The van der Waals surface area contributed by atoms with Crippen molar-refractivity contribution < 1.29 is 14.9 Å². The van der Waals surface area contributed by atoms with Crippen LogP contribution in [0.5, 0.6) is 0 Å². The largest absolute Gasteiger partial charge is 0.392 e. The van der Waals surface area contributed by atoms with Crippen molar-refractivity contribution in [3.63, 3.8) is 0 Å². The van der Waals surface area contributed by atoms with Gasteiger partial charge in [-0.25, -0.2) is 4.98 Å². The number of nitrogens with zero attached hydrogens (tertiary/aromatic N) is 2. The number of rotatable bonds is 4. The minimum Gasteiger partial charge on any atom is -0.392 e. The van der Waals surface area contributed by atoms with E-state index in [-0.39, 0.29) is 6.61 Å². The van der Waals surface area contributed by atoms with Crippen molar-refractivity contribution in [2.24, 2.45) is 0 Å². The maximum absolute atomic E-state index is 10.4. The predicted molar refractivity (Wildman–Crippen MR) is 68.4 cm³/mol. The van der Waals surface area contributed by atoms with Gasteiger partial charge in [0.15, 0.2) is 0 Å². The van der Waals surface area contributed by atoms with Crippen LogP contribution < -0.4 is 4.90 Å². The van der Waals surface area contributed by atoms with E-state index in [1.54, 1.807) is 12.3 Å². The monoisotopic (exact) mass is 252 g/mol. The Bertz CT molecular complexity index is 392. The Morgan fingerprint density at radius 3 is 2.83 bits per heavy atom. The quantitative estimate of drug-likeness (QED) is 0.819. The summed E-state index contributed by atoms with van der Waals surface area (Å²) in [7, 11) is 1.90. The Morgan fingerprint density at radius 1 is 1.44 bits per heavy atom. The molecule has 1 fully saturated rings. The van der Waals surface area contributed by atoms with Gasteiger partial charge in [-0.15, -0.1) is 0 Å². The zero-order chi connectivity index (χ0) is 13.0. The average molecular weight is 252 g/mol. The van der Waals surface area contributed by atoms with Crippen molar-refractivity contribution in [2.75, 3.05) is 31.7 Å². The molecule has 1 aliphatic rings. The maximum atomic E-state index is 10.4. The molecule has 5 heteroatoms. The lowest BCUT2D eigenvalue weighted by atomic mass is 9.94. The highest BCUT2D eigenvalue weighted by molar-refractivity contribution is 5.40. The summed E-state index contributed by atoms with van der Waals surface area (Å²) in [6.07, 6.45) is 2.97. The molecule has 0 atom stereocenters. The van der Waals surface area contributed by atoms with Crippen molar-refractivity contribution in [3.8, 4) is 0 Å². The molecule has 0 spiro atoms. The van der Waals surface area contributed by atoms with E-state index in [1.165, 1.54) is 0 Å². The Morgan fingerprint density at radius 2 is 2.17 bits per heavy atom. The number of anilines is 1. The van der Waals surface area contributed by atoms with E-state index in [2.05, 4.69) is 4.98 Å². The van der Waals surface area contributed by atoms with Gasteiger partial charge in [-0.2, -0.15) is 0 Å². The van der Waals surface area contributed by atoms with Crippen molar-refractivity contribution in [2.45, 2.75) is 25.0 Å². The summed E-state index contributed by atoms with van der Waals surface area (Å²) >= 11 is 0. The van der Waals surface area contributed by atoms with E-state index < -0.39 is 5.60 Å². The molecule has 100 valence electrons. The van der Waals surface area contributed by atoms with Gasteiger partial charge in [0, 0.05) is 45.8 Å². The fraction of sp³-hybridized carbons (Fsp3) is 0.615. The molecule has 0 amide bonds. The number of ether oxygens (including phenoxy) is 1. The number of pyridine rings is 1. The third-order valence-corrected chi connectivity index (χ3v) is 3.34. The Kier molecular flexibility index (Phi) is 4.16. The highest BCUT2D eigenvalue weighted by atomic mass is 16.5. The van der Waals surface area contributed by atoms with Gasteiger partial charge < -0.3 is 19.8 Å². The summed E-state index contributed by atoms with van der Waals surface area (Å²) < 4.78 is 5.26. The van der Waals surface area contributed by atoms with E-state index in [0.717, 1.165) is 11.4 Å². The van der Waals surface area contributed by atoms with Crippen LogP contribution in [-0.2, 0) is 11.3 Å². The van der Waals surface area contributed by atoms with E-state index in [9.17, 15) is 5.11 Å². The fourth-order valence-electron chi connectivity index (χ4n) is 2.20. The molecule has 1 aromatic rings. The molecule has 0 saturated carbocycles. The number of aromatic nitrogens is 1. The van der Waals surface area contributed by atoms with Crippen molar-refractivity contribution in [3.05, 3.63) is 23.9 Å². The van der Waals surface area contributed by atoms with Crippen LogP contribution in [0.4, 0.5) is 5.82 Å². The molecule has 5 nitrogen and oxygen atoms in total. The van der Waals surface area contributed by atoms with Crippen LogP contribution in [0.1, 0.15) is 18.4 Å². The molecule has 18 heavy (non-hydrogen) atoms. The Hall–Kier alpha value is -1.17. The molecule has 2 rings (SSSR count). The lowest BCUT2D eigenvalue weighted by molar-refractivity contribution is -0.0573. The first kappa shape index (κ1) is 13.3. The van der Waals surface area contributed by atoms with Gasteiger partial charge in [-0.3, -0.25) is 0 Å². The molecule has 0 aromatic carbocycles. The molecule has 0 radical (unpaired) electrons. The molecule has 1 saturated heterocycles. The minimum absolute atomic E-state index is 0.00146. The van der Waals surface area contributed by atoms with E-state index in [0.29, 0.717) is 32.6 Å². The standard InChI is InChI=1S/C13H20N2O3/c1-15(10-13(17)3-6-18-7-4-13)12-8-11(9-16)2-5-14-12/h2,5,8,16-17H,3-4,6-7,9-10H2,1H3.